The van der Waals surface area contributed by atoms with Crippen molar-refractivity contribution in [2.24, 2.45) is 16.6 Å². The zero-order valence-corrected chi connectivity index (χ0v) is 19.3. The summed E-state index contributed by atoms with van der Waals surface area (Å²) in [6.45, 7) is 7.81. The highest BCUT2D eigenvalue weighted by Gasteiger charge is 2.23. The Bertz CT molecular complexity index is 556. The van der Waals surface area contributed by atoms with Crippen LogP contribution in [0.4, 0.5) is 0 Å². The summed E-state index contributed by atoms with van der Waals surface area (Å²) < 4.78 is 24.7. The molecule has 0 aromatic heterocycles. The van der Waals surface area contributed by atoms with Crippen molar-refractivity contribution in [3.05, 3.63) is 0 Å². The van der Waals surface area contributed by atoms with E-state index in [1.807, 2.05) is 13.8 Å². The van der Waals surface area contributed by atoms with Crippen LogP contribution in [-0.4, -0.2) is 75.0 Å². The van der Waals surface area contributed by atoms with E-state index in [2.05, 4.69) is 15.2 Å². The monoisotopic (exact) mass is 503 g/mol. The highest BCUT2D eigenvalue weighted by molar-refractivity contribution is 14.0. The van der Waals surface area contributed by atoms with E-state index in [1.54, 1.807) is 0 Å². The van der Waals surface area contributed by atoms with E-state index >= 15 is 0 Å². The van der Waals surface area contributed by atoms with Crippen LogP contribution in [0.3, 0.4) is 0 Å². The third-order valence-electron chi connectivity index (χ3n) is 4.29. The fourth-order valence-electron chi connectivity index (χ4n) is 3.12. The number of halogens is 1. The second-order valence-corrected chi connectivity index (χ2v) is 8.45. The Kier molecular flexibility index (Phi) is 12.4. The van der Waals surface area contributed by atoms with Gasteiger partial charge < -0.3 is 16.0 Å². The number of hydrogen-bond acceptors (Lipinski definition) is 4. The number of nitrogens with zero attached hydrogens (tertiary/aromatic N) is 3. The lowest BCUT2D eigenvalue weighted by Crippen LogP contribution is -2.47. The zero-order valence-electron chi connectivity index (χ0n) is 16.1. The lowest BCUT2D eigenvalue weighted by molar-refractivity contribution is -0.119. The van der Waals surface area contributed by atoms with Gasteiger partial charge in [-0.1, -0.05) is 6.92 Å². The SMILES string of the molecule is CCNC(=NCCCN(CC)S(C)(=O)=O)N1CCCC(CC(N)=O)C1.I. The topological polar surface area (TPSA) is 108 Å². The number of guanidine groups is 1. The van der Waals surface area contributed by atoms with Gasteiger partial charge in [0.2, 0.25) is 15.9 Å². The molecular weight excluding hydrogens is 469 g/mol. The number of carbonyl (C=O) groups excluding carboxylic acids is 1. The van der Waals surface area contributed by atoms with Crippen LogP contribution in [0, 0.1) is 5.92 Å². The third-order valence-corrected chi connectivity index (χ3v) is 5.67. The van der Waals surface area contributed by atoms with E-state index in [9.17, 15) is 13.2 Å². The van der Waals surface area contributed by atoms with E-state index in [0.29, 0.717) is 32.5 Å². The average molecular weight is 503 g/mol. The van der Waals surface area contributed by atoms with Gasteiger partial charge in [0.05, 0.1) is 6.26 Å². The zero-order chi connectivity index (χ0) is 18.9. The van der Waals surface area contributed by atoms with Gasteiger partial charge in [-0.25, -0.2) is 12.7 Å². The fourth-order valence-corrected chi connectivity index (χ4v) is 4.05. The average Bonchev–Trinajstić information content (AvgIpc) is 2.52. The van der Waals surface area contributed by atoms with Crippen molar-refractivity contribution in [3.8, 4) is 0 Å². The molecule has 0 radical (unpaired) electrons. The maximum Gasteiger partial charge on any atom is 0.217 e. The number of nitrogens with one attached hydrogen (secondary N) is 1. The molecule has 1 unspecified atom stereocenters. The molecule has 1 aliphatic heterocycles. The van der Waals surface area contributed by atoms with Crippen LogP contribution in [-0.2, 0) is 14.8 Å². The van der Waals surface area contributed by atoms with Gasteiger partial charge in [-0.15, -0.1) is 24.0 Å². The summed E-state index contributed by atoms with van der Waals surface area (Å²) in [5.74, 6) is 0.851. The molecular formula is C16H34IN5O3S. The van der Waals surface area contributed by atoms with Crippen LogP contribution in [0.1, 0.15) is 39.5 Å². The van der Waals surface area contributed by atoms with E-state index in [-0.39, 0.29) is 35.8 Å². The van der Waals surface area contributed by atoms with Crippen LogP contribution in [0.5, 0.6) is 0 Å². The summed E-state index contributed by atoms with van der Waals surface area (Å²) in [5, 5.41) is 3.29. The van der Waals surface area contributed by atoms with Gasteiger partial charge in [0, 0.05) is 45.7 Å². The minimum Gasteiger partial charge on any atom is -0.370 e. The van der Waals surface area contributed by atoms with E-state index in [1.165, 1.54) is 10.6 Å². The van der Waals surface area contributed by atoms with Gasteiger partial charge in [-0.3, -0.25) is 9.79 Å². The molecule has 1 amide bonds. The van der Waals surface area contributed by atoms with Gasteiger partial charge in [0.25, 0.3) is 0 Å². The molecule has 1 saturated heterocycles. The molecule has 0 aliphatic carbocycles. The van der Waals surface area contributed by atoms with E-state index in [4.69, 9.17) is 5.73 Å². The second kappa shape index (κ2) is 12.7. The molecule has 1 fully saturated rings. The van der Waals surface area contributed by atoms with Crippen molar-refractivity contribution in [1.82, 2.24) is 14.5 Å². The first-order valence-electron chi connectivity index (χ1n) is 9.04. The summed E-state index contributed by atoms with van der Waals surface area (Å²) >= 11 is 0. The molecule has 1 rings (SSSR count). The minimum atomic E-state index is -3.15. The first kappa shape index (κ1) is 25.4. The number of primary amides is 1. The van der Waals surface area contributed by atoms with Gasteiger partial charge in [0.15, 0.2) is 5.96 Å². The molecule has 0 saturated carbocycles. The Morgan fingerprint density at radius 1 is 1.38 bits per heavy atom. The second-order valence-electron chi connectivity index (χ2n) is 6.47. The molecule has 0 bridgehead atoms. The number of aliphatic imine (C=N–C) groups is 1. The van der Waals surface area contributed by atoms with Gasteiger partial charge >= 0.3 is 0 Å². The van der Waals surface area contributed by atoms with Crippen molar-refractivity contribution in [2.45, 2.75) is 39.5 Å². The van der Waals surface area contributed by atoms with Crippen LogP contribution >= 0.6 is 24.0 Å². The van der Waals surface area contributed by atoms with Crippen LogP contribution < -0.4 is 11.1 Å². The number of sulfonamides is 1. The Morgan fingerprint density at radius 3 is 2.62 bits per heavy atom. The molecule has 26 heavy (non-hydrogen) atoms. The summed E-state index contributed by atoms with van der Waals surface area (Å²) in [6, 6.07) is 0. The summed E-state index contributed by atoms with van der Waals surface area (Å²) in [6.07, 6.45) is 4.35. The predicted octanol–water partition coefficient (Wildman–Crippen LogP) is 0.829. The molecule has 10 heteroatoms. The van der Waals surface area contributed by atoms with E-state index < -0.39 is 10.0 Å². The minimum absolute atomic E-state index is 0. The normalized spacial score (nSPS) is 18.5. The number of piperidine rings is 1. The molecule has 3 N–H and O–H groups in total. The molecule has 1 atom stereocenters. The third kappa shape index (κ3) is 9.36. The number of amides is 1. The highest BCUT2D eigenvalue weighted by atomic mass is 127. The lowest BCUT2D eigenvalue weighted by Gasteiger charge is -2.34. The number of likely N-dealkylation sites (tertiary alicyclic amines) is 1. The van der Waals surface area contributed by atoms with Crippen LogP contribution in [0.25, 0.3) is 0 Å². The molecule has 0 aromatic rings. The number of carbonyl (C=O) groups is 1. The predicted molar refractivity (Wildman–Crippen MR) is 116 cm³/mol. The number of hydrogen-bond donors (Lipinski definition) is 2. The largest absolute Gasteiger partial charge is 0.370 e. The molecule has 8 nitrogen and oxygen atoms in total. The van der Waals surface area contributed by atoms with Crippen molar-refractivity contribution in [3.63, 3.8) is 0 Å². The van der Waals surface area contributed by atoms with Crippen LogP contribution in [0.15, 0.2) is 4.99 Å². The van der Waals surface area contributed by atoms with Crippen molar-refractivity contribution >= 4 is 45.9 Å². The summed E-state index contributed by atoms with van der Waals surface area (Å²) in [4.78, 5) is 18.0. The molecule has 154 valence electrons. The molecule has 1 aliphatic rings. The maximum absolute atomic E-state index is 11.6. The molecule has 0 spiro atoms. The Labute approximate surface area is 175 Å². The number of nitrogens with two attached hydrogens (primary N) is 1. The molecule has 1 heterocycles. The van der Waals surface area contributed by atoms with Crippen molar-refractivity contribution in [2.75, 3.05) is 45.5 Å². The summed E-state index contributed by atoms with van der Waals surface area (Å²) in [5.41, 5.74) is 5.32. The Hall–Kier alpha value is -0.620. The number of rotatable bonds is 9. The quantitative estimate of drug-likeness (QED) is 0.210. The Balaban J connectivity index is 0.00000625. The van der Waals surface area contributed by atoms with Gasteiger partial charge in [-0.2, -0.15) is 0 Å². The Morgan fingerprint density at radius 2 is 2.08 bits per heavy atom. The molecule has 0 aromatic carbocycles. The van der Waals surface area contributed by atoms with Gasteiger partial charge in [0.1, 0.15) is 0 Å². The van der Waals surface area contributed by atoms with E-state index in [0.717, 1.165) is 38.4 Å². The lowest BCUT2D eigenvalue weighted by atomic mass is 9.95. The van der Waals surface area contributed by atoms with Crippen molar-refractivity contribution < 1.29 is 13.2 Å². The van der Waals surface area contributed by atoms with Crippen molar-refractivity contribution in [1.29, 1.82) is 0 Å². The maximum atomic E-state index is 11.6. The summed E-state index contributed by atoms with van der Waals surface area (Å²) in [7, 11) is -3.15. The first-order valence-corrected chi connectivity index (χ1v) is 10.9. The standard InChI is InChI=1S/C16H33N5O3S.HI/c1-4-18-16(19-9-7-11-21(5-2)25(3,23)24)20-10-6-8-14(13-20)12-15(17)22;/h14H,4-13H2,1-3H3,(H2,17,22)(H,18,19);1H. The van der Waals surface area contributed by atoms with Gasteiger partial charge in [-0.05, 0) is 32.1 Å². The smallest absolute Gasteiger partial charge is 0.217 e. The first-order chi connectivity index (χ1) is 11.8. The highest BCUT2D eigenvalue weighted by Crippen LogP contribution is 2.19. The van der Waals surface area contributed by atoms with Crippen LogP contribution in [0.2, 0.25) is 0 Å². The fraction of sp³-hybridized carbons (Fsp3) is 0.875.